The number of hydrogen-bond donors (Lipinski definition) is 0. The molecule has 3 aliphatic heterocycles. The summed E-state index contributed by atoms with van der Waals surface area (Å²) in [5, 5.41) is 4.03. The van der Waals surface area contributed by atoms with E-state index in [9.17, 15) is 4.79 Å². The minimum atomic E-state index is 0.0934. The van der Waals surface area contributed by atoms with Crippen molar-refractivity contribution in [1.29, 1.82) is 0 Å². The van der Waals surface area contributed by atoms with Gasteiger partial charge in [0.2, 0.25) is 5.91 Å². The molecule has 0 aromatic carbocycles. The van der Waals surface area contributed by atoms with E-state index in [4.69, 9.17) is 4.52 Å². The van der Waals surface area contributed by atoms with Gasteiger partial charge in [0.15, 0.2) is 0 Å². The summed E-state index contributed by atoms with van der Waals surface area (Å²) >= 11 is 0. The van der Waals surface area contributed by atoms with Crippen molar-refractivity contribution >= 4 is 5.91 Å². The third kappa shape index (κ3) is 3.18. The Bertz CT molecular complexity index is 739. The van der Waals surface area contributed by atoms with Crippen molar-refractivity contribution < 1.29 is 9.32 Å². The lowest BCUT2D eigenvalue weighted by Gasteiger charge is -2.36. The fourth-order valence-corrected chi connectivity index (χ4v) is 4.11. The number of fused-ring (bicyclic) bond motifs is 4. The van der Waals surface area contributed by atoms with Crippen LogP contribution in [0, 0.1) is 19.8 Å². The number of aryl methyl sites for hydroxylation is 2. The summed E-state index contributed by atoms with van der Waals surface area (Å²) < 4.78 is 5.28. The molecule has 2 bridgehead atoms. The Labute approximate surface area is 147 Å². The van der Waals surface area contributed by atoms with Crippen LogP contribution in [0.1, 0.15) is 35.4 Å². The van der Waals surface area contributed by atoms with Gasteiger partial charge < -0.3 is 9.42 Å². The maximum absolute atomic E-state index is 13.0. The van der Waals surface area contributed by atoms with E-state index in [-0.39, 0.29) is 17.9 Å². The van der Waals surface area contributed by atoms with E-state index in [1.807, 2.05) is 26.1 Å². The molecule has 6 heteroatoms. The number of piperidine rings is 1. The second kappa shape index (κ2) is 6.59. The quantitative estimate of drug-likeness (QED) is 0.855. The highest BCUT2D eigenvalue weighted by molar-refractivity contribution is 5.80. The summed E-state index contributed by atoms with van der Waals surface area (Å²) in [6, 6.07) is 4.33. The van der Waals surface area contributed by atoms with Crippen molar-refractivity contribution in [2.45, 2.75) is 45.8 Å². The molecule has 3 fully saturated rings. The maximum atomic E-state index is 13.0. The highest BCUT2D eigenvalue weighted by Gasteiger charge is 2.41. The largest absolute Gasteiger partial charge is 0.361 e. The predicted molar refractivity (Wildman–Crippen MR) is 92.6 cm³/mol. The first-order valence-corrected chi connectivity index (χ1v) is 8.95. The molecule has 0 spiro atoms. The van der Waals surface area contributed by atoms with Crippen molar-refractivity contribution in [2.75, 3.05) is 13.1 Å². The molecule has 25 heavy (non-hydrogen) atoms. The van der Waals surface area contributed by atoms with E-state index in [2.05, 4.69) is 26.0 Å². The van der Waals surface area contributed by atoms with Crippen molar-refractivity contribution in [2.24, 2.45) is 5.92 Å². The standard InChI is InChI=1S/C19H24N4O2/c1-13-18(14(2)25-21-13)12-23-17-6-5-16(19(23)24)10-22(11-17)9-15-4-3-7-20-8-15/h3-4,7-8,16-17H,5-6,9-12H2,1-2H3/t16-,17+/m0/s1. The van der Waals surface area contributed by atoms with Gasteiger partial charge in [-0.15, -0.1) is 0 Å². The van der Waals surface area contributed by atoms with Gasteiger partial charge in [-0.25, -0.2) is 0 Å². The molecule has 2 atom stereocenters. The van der Waals surface area contributed by atoms with Crippen molar-refractivity contribution in [3.05, 3.63) is 47.1 Å². The van der Waals surface area contributed by atoms with Crippen LogP contribution in [0.5, 0.6) is 0 Å². The molecule has 0 radical (unpaired) electrons. The van der Waals surface area contributed by atoms with Crippen LogP contribution in [-0.4, -0.2) is 45.0 Å². The Morgan fingerprint density at radius 1 is 1.24 bits per heavy atom. The topological polar surface area (TPSA) is 62.5 Å². The minimum absolute atomic E-state index is 0.0934. The summed E-state index contributed by atoms with van der Waals surface area (Å²) in [5.41, 5.74) is 3.14. The van der Waals surface area contributed by atoms with E-state index in [0.717, 1.165) is 49.5 Å². The molecule has 5 rings (SSSR count). The van der Waals surface area contributed by atoms with Gasteiger partial charge in [-0.1, -0.05) is 11.2 Å². The number of pyridine rings is 1. The summed E-state index contributed by atoms with van der Waals surface area (Å²) in [5.74, 6) is 1.19. The Hall–Kier alpha value is -2.21. The molecule has 3 aliphatic rings. The molecule has 0 aliphatic carbocycles. The summed E-state index contributed by atoms with van der Waals surface area (Å²) in [7, 11) is 0. The lowest BCUT2D eigenvalue weighted by atomic mass is 9.93. The molecule has 0 unspecified atom stereocenters. The molecule has 6 nitrogen and oxygen atoms in total. The molecule has 2 aromatic rings. The molecule has 5 heterocycles. The number of amides is 1. The minimum Gasteiger partial charge on any atom is -0.361 e. The molecule has 1 amide bonds. The number of hydrogen-bond acceptors (Lipinski definition) is 5. The van der Waals surface area contributed by atoms with Crippen molar-refractivity contribution in [3.8, 4) is 0 Å². The molecular formula is C19H24N4O2. The van der Waals surface area contributed by atoms with E-state index >= 15 is 0 Å². The van der Waals surface area contributed by atoms with Crippen LogP contribution in [0.3, 0.4) is 0 Å². The molecule has 0 saturated carbocycles. The maximum Gasteiger partial charge on any atom is 0.227 e. The van der Waals surface area contributed by atoms with Gasteiger partial charge in [0, 0.05) is 43.6 Å². The Kier molecular flexibility index (Phi) is 4.29. The van der Waals surface area contributed by atoms with E-state index in [1.165, 1.54) is 5.56 Å². The summed E-state index contributed by atoms with van der Waals surface area (Å²) in [6.07, 6.45) is 5.77. The van der Waals surface area contributed by atoms with Crippen LogP contribution in [0.15, 0.2) is 29.0 Å². The first-order valence-electron chi connectivity index (χ1n) is 8.95. The Morgan fingerprint density at radius 3 is 2.84 bits per heavy atom. The number of aromatic nitrogens is 2. The lowest BCUT2D eigenvalue weighted by Crippen LogP contribution is -2.47. The zero-order valence-corrected chi connectivity index (χ0v) is 14.8. The van der Waals surface area contributed by atoms with E-state index < -0.39 is 0 Å². The van der Waals surface area contributed by atoms with Crippen LogP contribution in [0.2, 0.25) is 0 Å². The number of carbonyl (C=O) groups is 1. The molecule has 0 N–H and O–H groups in total. The first-order chi connectivity index (χ1) is 12.1. The van der Waals surface area contributed by atoms with Gasteiger partial charge in [0.25, 0.3) is 0 Å². The average Bonchev–Trinajstić information content (AvgIpc) is 2.77. The third-order valence-corrected chi connectivity index (χ3v) is 5.51. The number of rotatable bonds is 4. The van der Waals surface area contributed by atoms with E-state index in [1.54, 1.807) is 6.20 Å². The fraction of sp³-hybridized carbons (Fsp3) is 0.526. The molecular weight excluding hydrogens is 316 g/mol. The van der Waals surface area contributed by atoms with Gasteiger partial charge in [0.05, 0.1) is 18.2 Å². The highest BCUT2D eigenvalue weighted by Crippen LogP contribution is 2.31. The van der Waals surface area contributed by atoms with Gasteiger partial charge in [-0.2, -0.15) is 0 Å². The predicted octanol–water partition coefficient (Wildman–Crippen LogP) is 2.31. The molecule has 2 aromatic heterocycles. The zero-order chi connectivity index (χ0) is 17.4. The van der Waals surface area contributed by atoms with Crippen LogP contribution in [-0.2, 0) is 17.9 Å². The second-order valence-corrected chi connectivity index (χ2v) is 7.25. The van der Waals surface area contributed by atoms with Crippen LogP contribution < -0.4 is 0 Å². The second-order valence-electron chi connectivity index (χ2n) is 7.25. The van der Waals surface area contributed by atoms with Gasteiger partial charge >= 0.3 is 0 Å². The van der Waals surface area contributed by atoms with Crippen molar-refractivity contribution in [1.82, 2.24) is 19.9 Å². The van der Waals surface area contributed by atoms with E-state index in [0.29, 0.717) is 6.54 Å². The number of nitrogens with zero attached hydrogens (tertiary/aromatic N) is 4. The van der Waals surface area contributed by atoms with Crippen molar-refractivity contribution in [3.63, 3.8) is 0 Å². The third-order valence-electron chi connectivity index (χ3n) is 5.51. The zero-order valence-electron chi connectivity index (χ0n) is 14.8. The van der Waals surface area contributed by atoms with Gasteiger partial charge in [-0.3, -0.25) is 14.7 Å². The first kappa shape index (κ1) is 16.3. The smallest absolute Gasteiger partial charge is 0.227 e. The van der Waals surface area contributed by atoms with Gasteiger partial charge in [-0.05, 0) is 38.3 Å². The molecule has 132 valence electrons. The summed E-state index contributed by atoms with van der Waals surface area (Å²) in [4.78, 5) is 21.7. The number of carbonyl (C=O) groups excluding carboxylic acids is 1. The Balaban J connectivity index is 1.53. The average molecular weight is 340 g/mol. The normalized spacial score (nSPS) is 23.9. The Morgan fingerprint density at radius 2 is 2.12 bits per heavy atom. The SMILES string of the molecule is Cc1noc(C)c1CN1C(=O)[C@H]2CC[C@@H]1CN(Cc1cccnc1)C2. The molecule has 3 saturated heterocycles. The fourth-order valence-electron chi connectivity index (χ4n) is 4.11. The van der Waals surface area contributed by atoms with Crippen LogP contribution >= 0.6 is 0 Å². The lowest BCUT2D eigenvalue weighted by molar-refractivity contribution is -0.140. The monoisotopic (exact) mass is 340 g/mol. The van der Waals surface area contributed by atoms with Gasteiger partial charge in [0.1, 0.15) is 5.76 Å². The van der Waals surface area contributed by atoms with Crippen LogP contribution in [0.4, 0.5) is 0 Å². The summed E-state index contributed by atoms with van der Waals surface area (Å²) in [6.45, 7) is 7.09. The highest BCUT2D eigenvalue weighted by atomic mass is 16.5. The van der Waals surface area contributed by atoms with Crippen LogP contribution in [0.25, 0.3) is 0 Å².